The van der Waals surface area contributed by atoms with Crippen LogP contribution in [0.5, 0.6) is 0 Å². The molecule has 4 nitrogen and oxygen atoms in total. The van der Waals surface area contributed by atoms with Gasteiger partial charge in [0.1, 0.15) is 14.1 Å². The van der Waals surface area contributed by atoms with Gasteiger partial charge in [-0.05, 0) is 25.0 Å². The lowest BCUT2D eigenvalue weighted by Crippen LogP contribution is -2.45. The number of hydrogen-bond donors (Lipinski definition) is 0. The average Bonchev–Trinajstić information content (AvgIpc) is 2.95. The molecule has 1 heterocycles. The van der Waals surface area contributed by atoms with E-state index in [0.29, 0.717) is 18.4 Å². The molecule has 1 aromatic carbocycles. The normalized spacial score (nSPS) is 20.6. The van der Waals surface area contributed by atoms with Crippen LogP contribution >= 0.6 is 0 Å². The fourth-order valence-electron chi connectivity index (χ4n) is 2.63. The van der Waals surface area contributed by atoms with E-state index in [0.717, 1.165) is 0 Å². The summed E-state index contributed by atoms with van der Waals surface area (Å²) in [5, 5.41) is 0. The SMILES string of the molecule is COC(=O)[C@@H]1CC[C@@H](C#C[Si](C)(C)C)N1C(=O)c1ccccc1. The Morgan fingerprint density at radius 3 is 2.39 bits per heavy atom. The first-order valence-electron chi connectivity index (χ1n) is 7.82. The van der Waals surface area contributed by atoms with Gasteiger partial charge in [0, 0.05) is 5.56 Å². The molecule has 2 rings (SSSR count). The first kappa shape index (κ1) is 17.3. The first-order valence-corrected chi connectivity index (χ1v) is 11.3. The van der Waals surface area contributed by atoms with Crippen molar-refractivity contribution in [3.05, 3.63) is 35.9 Å². The summed E-state index contributed by atoms with van der Waals surface area (Å²) in [6, 6.07) is 8.25. The minimum Gasteiger partial charge on any atom is -0.467 e. The first-order chi connectivity index (χ1) is 10.8. The zero-order chi connectivity index (χ0) is 17.0. The van der Waals surface area contributed by atoms with Crippen LogP contribution in [0.4, 0.5) is 0 Å². The number of nitrogens with zero attached hydrogens (tertiary/aromatic N) is 1. The minimum absolute atomic E-state index is 0.159. The minimum atomic E-state index is -1.54. The molecular weight excluding hydrogens is 306 g/mol. The molecule has 0 aromatic heterocycles. The lowest BCUT2D eigenvalue weighted by Gasteiger charge is -2.26. The van der Waals surface area contributed by atoms with E-state index in [1.807, 2.05) is 18.2 Å². The number of benzene rings is 1. The molecule has 122 valence electrons. The van der Waals surface area contributed by atoms with Gasteiger partial charge in [0.2, 0.25) is 0 Å². The van der Waals surface area contributed by atoms with Gasteiger partial charge in [-0.3, -0.25) is 4.79 Å². The Bertz CT molecular complexity index is 640. The van der Waals surface area contributed by atoms with Crippen molar-refractivity contribution in [2.24, 2.45) is 0 Å². The predicted molar refractivity (Wildman–Crippen MR) is 92.6 cm³/mol. The van der Waals surface area contributed by atoms with Gasteiger partial charge in [-0.2, -0.15) is 0 Å². The molecule has 23 heavy (non-hydrogen) atoms. The summed E-state index contributed by atoms with van der Waals surface area (Å²) in [7, 11) is -0.185. The van der Waals surface area contributed by atoms with Crippen LogP contribution in [0.2, 0.25) is 19.6 Å². The Hall–Kier alpha value is -2.06. The van der Waals surface area contributed by atoms with Crippen molar-refractivity contribution in [3.8, 4) is 11.5 Å². The molecule has 0 unspecified atom stereocenters. The van der Waals surface area contributed by atoms with Crippen LogP contribution in [-0.2, 0) is 9.53 Å². The van der Waals surface area contributed by atoms with Gasteiger partial charge in [0.15, 0.2) is 0 Å². The van der Waals surface area contributed by atoms with Crippen molar-refractivity contribution in [3.63, 3.8) is 0 Å². The zero-order valence-electron chi connectivity index (χ0n) is 14.1. The van der Waals surface area contributed by atoms with E-state index in [1.165, 1.54) is 7.11 Å². The number of ether oxygens (including phenoxy) is 1. The van der Waals surface area contributed by atoms with Crippen molar-refractivity contribution in [1.82, 2.24) is 4.90 Å². The highest BCUT2D eigenvalue weighted by Gasteiger charge is 2.41. The topological polar surface area (TPSA) is 46.6 Å². The van der Waals surface area contributed by atoms with E-state index in [4.69, 9.17) is 4.74 Å². The highest BCUT2D eigenvalue weighted by molar-refractivity contribution is 6.83. The van der Waals surface area contributed by atoms with Gasteiger partial charge >= 0.3 is 5.97 Å². The number of rotatable bonds is 2. The number of amides is 1. The molecule has 1 amide bonds. The van der Waals surface area contributed by atoms with Gasteiger partial charge in [0.05, 0.1) is 13.2 Å². The number of methoxy groups -OCH3 is 1. The fourth-order valence-corrected chi connectivity index (χ4v) is 3.23. The van der Waals surface area contributed by atoms with Gasteiger partial charge in [-0.25, -0.2) is 4.79 Å². The molecule has 0 bridgehead atoms. The van der Waals surface area contributed by atoms with Gasteiger partial charge in [-0.15, -0.1) is 5.54 Å². The lowest BCUT2D eigenvalue weighted by atomic mass is 10.1. The summed E-state index contributed by atoms with van der Waals surface area (Å²) in [4.78, 5) is 26.5. The van der Waals surface area contributed by atoms with Crippen LogP contribution in [0.1, 0.15) is 23.2 Å². The van der Waals surface area contributed by atoms with E-state index in [9.17, 15) is 9.59 Å². The second-order valence-electron chi connectivity index (χ2n) is 6.73. The zero-order valence-corrected chi connectivity index (χ0v) is 15.1. The summed E-state index contributed by atoms with van der Waals surface area (Å²) in [5.74, 6) is 2.71. The lowest BCUT2D eigenvalue weighted by molar-refractivity contribution is -0.145. The van der Waals surface area contributed by atoms with Crippen LogP contribution < -0.4 is 0 Å². The molecule has 1 aliphatic heterocycles. The highest BCUT2D eigenvalue weighted by atomic mass is 28.3. The fraction of sp³-hybridized carbons (Fsp3) is 0.444. The molecule has 1 fully saturated rings. The number of likely N-dealkylation sites (tertiary alicyclic amines) is 1. The third-order valence-electron chi connectivity index (χ3n) is 3.73. The average molecular weight is 329 g/mol. The summed E-state index contributed by atoms with van der Waals surface area (Å²) in [6.45, 7) is 6.49. The maximum atomic E-state index is 12.9. The standard InChI is InChI=1S/C18H23NO3Si/c1-22-18(21)16-11-10-15(12-13-23(2,3)4)19(16)17(20)14-8-6-5-7-9-14/h5-9,15-16H,10-11H2,1-4H3/t15-,16-/m0/s1. The van der Waals surface area contributed by atoms with E-state index >= 15 is 0 Å². The van der Waals surface area contributed by atoms with E-state index in [2.05, 4.69) is 31.1 Å². The third kappa shape index (κ3) is 4.23. The Morgan fingerprint density at radius 2 is 1.83 bits per heavy atom. The molecule has 0 saturated carbocycles. The largest absolute Gasteiger partial charge is 0.467 e. The number of hydrogen-bond acceptors (Lipinski definition) is 3. The predicted octanol–water partition coefficient (Wildman–Crippen LogP) is 2.71. The maximum absolute atomic E-state index is 12.9. The molecule has 2 atom stereocenters. The summed E-state index contributed by atoms with van der Waals surface area (Å²) < 4.78 is 4.87. The van der Waals surface area contributed by atoms with Crippen LogP contribution in [0.15, 0.2) is 30.3 Å². The number of esters is 1. The molecular formula is C18H23NO3Si. The molecule has 0 spiro atoms. The van der Waals surface area contributed by atoms with Gasteiger partial charge in [0.25, 0.3) is 5.91 Å². The molecule has 0 radical (unpaired) electrons. The Kier molecular flexibility index (Phi) is 5.27. The van der Waals surface area contributed by atoms with Crippen molar-refractivity contribution in [2.75, 3.05) is 7.11 Å². The van der Waals surface area contributed by atoms with Crippen molar-refractivity contribution in [1.29, 1.82) is 0 Å². The molecule has 1 saturated heterocycles. The van der Waals surface area contributed by atoms with E-state index in [-0.39, 0.29) is 17.9 Å². The Labute approximate surface area is 138 Å². The van der Waals surface area contributed by atoms with Crippen molar-refractivity contribution in [2.45, 2.75) is 44.6 Å². The molecule has 5 heteroatoms. The molecule has 0 aliphatic carbocycles. The Morgan fingerprint density at radius 1 is 1.17 bits per heavy atom. The van der Waals surface area contributed by atoms with Crippen LogP contribution in [0, 0.1) is 11.5 Å². The smallest absolute Gasteiger partial charge is 0.328 e. The van der Waals surface area contributed by atoms with Crippen molar-refractivity contribution < 1.29 is 14.3 Å². The van der Waals surface area contributed by atoms with Gasteiger partial charge < -0.3 is 9.64 Å². The van der Waals surface area contributed by atoms with E-state index < -0.39 is 14.1 Å². The monoisotopic (exact) mass is 329 g/mol. The van der Waals surface area contributed by atoms with Crippen LogP contribution in [0.25, 0.3) is 0 Å². The number of carbonyl (C=O) groups excluding carboxylic acids is 2. The molecule has 0 N–H and O–H groups in total. The van der Waals surface area contributed by atoms with Crippen LogP contribution in [0.3, 0.4) is 0 Å². The molecule has 1 aromatic rings. The second-order valence-corrected chi connectivity index (χ2v) is 11.5. The van der Waals surface area contributed by atoms with Crippen molar-refractivity contribution >= 4 is 20.0 Å². The summed E-state index contributed by atoms with van der Waals surface area (Å²) in [6.07, 6.45) is 1.30. The summed E-state index contributed by atoms with van der Waals surface area (Å²) >= 11 is 0. The number of carbonyl (C=O) groups is 2. The third-order valence-corrected chi connectivity index (χ3v) is 4.62. The summed E-state index contributed by atoms with van der Waals surface area (Å²) in [5.41, 5.74) is 3.89. The molecule has 1 aliphatic rings. The van der Waals surface area contributed by atoms with E-state index in [1.54, 1.807) is 17.0 Å². The quantitative estimate of drug-likeness (QED) is 0.476. The second kappa shape index (κ2) is 7.01. The Balaban J connectivity index is 2.34. The maximum Gasteiger partial charge on any atom is 0.328 e. The highest BCUT2D eigenvalue weighted by Crippen LogP contribution is 2.27. The van der Waals surface area contributed by atoms with Crippen LogP contribution in [-0.4, -0.2) is 44.0 Å². The van der Waals surface area contributed by atoms with Gasteiger partial charge in [-0.1, -0.05) is 43.8 Å².